The minimum Gasteiger partial charge on any atom is -0.494 e. The molecule has 0 bridgehead atoms. The molecule has 0 spiro atoms. The summed E-state index contributed by atoms with van der Waals surface area (Å²) in [6.45, 7) is 4.17. The molecule has 144 valence electrons. The number of nitrogens with zero attached hydrogens (tertiary/aromatic N) is 3. The fraction of sp³-hybridized carbons (Fsp3) is 0.348. The van der Waals surface area contributed by atoms with E-state index < -0.39 is 0 Å². The second kappa shape index (κ2) is 8.38. The molecule has 0 atom stereocenters. The average Bonchev–Trinajstić information content (AvgIpc) is 2.75. The number of benzene rings is 1. The van der Waals surface area contributed by atoms with E-state index >= 15 is 0 Å². The maximum absolute atomic E-state index is 12.7. The number of rotatable bonds is 5. The van der Waals surface area contributed by atoms with E-state index in [-0.39, 0.29) is 5.91 Å². The zero-order valence-corrected chi connectivity index (χ0v) is 16.2. The summed E-state index contributed by atoms with van der Waals surface area (Å²) >= 11 is 0. The molecule has 3 heterocycles. The minimum atomic E-state index is 0.191. The van der Waals surface area contributed by atoms with Gasteiger partial charge in [0.1, 0.15) is 5.75 Å². The van der Waals surface area contributed by atoms with Crippen LogP contribution in [0.2, 0.25) is 0 Å². The molecule has 28 heavy (non-hydrogen) atoms. The van der Waals surface area contributed by atoms with Gasteiger partial charge in [0.2, 0.25) is 5.91 Å². The van der Waals surface area contributed by atoms with Crippen LogP contribution in [0.4, 0.5) is 0 Å². The summed E-state index contributed by atoms with van der Waals surface area (Å²) in [6, 6.07) is 16.0. The van der Waals surface area contributed by atoms with Crippen LogP contribution in [0.1, 0.15) is 36.9 Å². The number of carbonyl (C=O) groups excluding carboxylic acids is 1. The Morgan fingerprint density at radius 2 is 1.89 bits per heavy atom. The zero-order valence-electron chi connectivity index (χ0n) is 16.2. The number of piperidine rings is 1. The van der Waals surface area contributed by atoms with Crippen molar-refractivity contribution in [1.82, 2.24) is 14.9 Å². The van der Waals surface area contributed by atoms with Gasteiger partial charge in [-0.2, -0.15) is 0 Å². The maximum atomic E-state index is 12.7. The highest BCUT2D eigenvalue weighted by atomic mass is 16.5. The first-order valence-electron chi connectivity index (χ1n) is 9.94. The Bertz CT molecular complexity index is 947. The van der Waals surface area contributed by atoms with Crippen molar-refractivity contribution in [2.24, 2.45) is 0 Å². The monoisotopic (exact) mass is 375 g/mol. The fourth-order valence-electron chi connectivity index (χ4n) is 3.78. The van der Waals surface area contributed by atoms with E-state index in [4.69, 9.17) is 9.72 Å². The first-order chi connectivity index (χ1) is 13.7. The molecule has 0 unspecified atom stereocenters. The van der Waals surface area contributed by atoms with E-state index in [1.54, 1.807) is 6.20 Å². The third kappa shape index (κ3) is 4.14. The molecule has 1 aliphatic rings. The number of fused-ring (bicyclic) bond motifs is 1. The Labute approximate surface area is 165 Å². The van der Waals surface area contributed by atoms with Crippen LogP contribution in [0.25, 0.3) is 11.0 Å². The van der Waals surface area contributed by atoms with Crippen LogP contribution in [0.3, 0.4) is 0 Å². The Morgan fingerprint density at radius 1 is 1.11 bits per heavy atom. The molecule has 1 amide bonds. The van der Waals surface area contributed by atoms with Crippen molar-refractivity contribution in [1.29, 1.82) is 0 Å². The Kier molecular flexibility index (Phi) is 5.51. The quantitative estimate of drug-likeness (QED) is 0.677. The molecule has 5 heteroatoms. The topological polar surface area (TPSA) is 55.3 Å². The molecule has 1 aliphatic heterocycles. The summed E-state index contributed by atoms with van der Waals surface area (Å²) in [5.41, 5.74) is 2.91. The molecular formula is C23H25N3O2. The van der Waals surface area contributed by atoms with Gasteiger partial charge in [-0.15, -0.1) is 0 Å². The lowest BCUT2D eigenvalue weighted by Gasteiger charge is -2.32. The second-order valence-electron chi connectivity index (χ2n) is 7.20. The summed E-state index contributed by atoms with van der Waals surface area (Å²) in [5.74, 6) is 1.42. The van der Waals surface area contributed by atoms with Crippen LogP contribution in [0.5, 0.6) is 5.75 Å². The van der Waals surface area contributed by atoms with Crippen molar-refractivity contribution in [3.63, 3.8) is 0 Å². The number of amides is 1. The van der Waals surface area contributed by atoms with E-state index in [1.807, 2.05) is 48.2 Å². The Hall–Kier alpha value is -2.95. The third-order valence-electron chi connectivity index (χ3n) is 5.34. The van der Waals surface area contributed by atoms with Gasteiger partial charge in [-0.25, -0.2) is 9.97 Å². The van der Waals surface area contributed by atoms with Gasteiger partial charge in [0.25, 0.3) is 0 Å². The van der Waals surface area contributed by atoms with Crippen LogP contribution >= 0.6 is 0 Å². The van der Waals surface area contributed by atoms with E-state index in [9.17, 15) is 4.79 Å². The number of carbonyl (C=O) groups is 1. The molecule has 0 saturated carbocycles. The molecule has 3 aromatic rings. The third-order valence-corrected chi connectivity index (χ3v) is 5.34. The molecule has 1 fully saturated rings. The number of hydrogen-bond acceptors (Lipinski definition) is 4. The lowest BCUT2D eigenvalue weighted by Crippen LogP contribution is -2.38. The summed E-state index contributed by atoms with van der Waals surface area (Å²) in [6.07, 6.45) is 4.11. The number of aromatic nitrogens is 2. The van der Waals surface area contributed by atoms with Crippen LogP contribution in [-0.4, -0.2) is 40.5 Å². The smallest absolute Gasteiger partial charge is 0.226 e. The molecule has 2 aromatic heterocycles. The van der Waals surface area contributed by atoms with Crippen molar-refractivity contribution in [2.45, 2.75) is 32.1 Å². The molecule has 0 aliphatic carbocycles. The lowest BCUT2D eigenvalue weighted by molar-refractivity contribution is -0.131. The van der Waals surface area contributed by atoms with Crippen LogP contribution in [-0.2, 0) is 11.2 Å². The van der Waals surface area contributed by atoms with Crippen LogP contribution < -0.4 is 4.74 Å². The highest BCUT2D eigenvalue weighted by molar-refractivity contribution is 5.79. The van der Waals surface area contributed by atoms with Crippen molar-refractivity contribution in [2.75, 3.05) is 19.7 Å². The highest BCUT2D eigenvalue weighted by Crippen LogP contribution is 2.28. The van der Waals surface area contributed by atoms with Gasteiger partial charge in [-0.3, -0.25) is 4.79 Å². The van der Waals surface area contributed by atoms with Crippen LogP contribution in [0, 0.1) is 0 Å². The average molecular weight is 375 g/mol. The zero-order chi connectivity index (χ0) is 19.3. The lowest BCUT2D eigenvalue weighted by atomic mass is 9.92. The van der Waals surface area contributed by atoms with Crippen molar-refractivity contribution >= 4 is 16.9 Å². The predicted octanol–water partition coefficient (Wildman–Crippen LogP) is 3.98. The minimum absolute atomic E-state index is 0.191. The fourth-order valence-corrected chi connectivity index (χ4v) is 3.78. The molecular weight excluding hydrogens is 350 g/mol. The largest absolute Gasteiger partial charge is 0.494 e. The van der Waals surface area contributed by atoms with E-state index in [0.717, 1.165) is 54.0 Å². The number of pyridine rings is 2. The standard InChI is InChI=1S/C23H25N3O2/c1-2-28-20-8-5-17(6-9-20)16-22(27)26-14-11-18(12-15-26)21-10-7-19-4-3-13-24-23(19)25-21/h3-10,13,18H,2,11-12,14-16H2,1H3. The Morgan fingerprint density at radius 3 is 2.64 bits per heavy atom. The molecule has 0 N–H and O–H groups in total. The van der Waals surface area contributed by atoms with Gasteiger partial charge < -0.3 is 9.64 Å². The van der Waals surface area contributed by atoms with E-state index in [2.05, 4.69) is 17.1 Å². The van der Waals surface area contributed by atoms with Gasteiger partial charge in [-0.05, 0) is 61.7 Å². The SMILES string of the molecule is CCOc1ccc(CC(=O)N2CCC(c3ccc4cccnc4n3)CC2)cc1. The first-order valence-corrected chi connectivity index (χ1v) is 9.94. The highest BCUT2D eigenvalue weighted by Gasteiger charge is 2.24. The van der Waals surface area contributed by atoms with Gasteiger partial charge in [-0.1, -0.05) is 12.1 Å². The van der Waals surface area contributed by atoms with Crippen LogP contribution in [0.15, 0.2) is 54.7 Å². The number of likely N-dealkylation sites (tertiary alicyclic amines) is 1. The molecule has 0 radical (unpaired) electrons. The summed E-state index contributed by atoms with van der Waals surface area (Å²) in [7, 11) is 0. The van der Waals surface area contributed by atoms with E-state index in [1.165, 1.54) is 0 Å². The van der Waals surface area contributed by atoms with Crippen molar-refractivity contribution < 1.29 is 9.53 Å². The van der Waals surface area contributed by atoms with Crippen molar-refractivity contribution in [3.8, 4) is 5.75 Å². The first kappa shape index (κ1) is 18.4. The van der Waals surface area contributed by atoms with E-state index in [0.29, 0.717) is 18.9 Å². The number of hydrogen-bond donors (Lipinski definition) is 0. The molecule has 4 rings (SSSR count). The maximum Gasteiger partial charge on any atom is 0.226 e. The summed E-state index contributed by atoms with van der Waals surface area (Å²) < 4.78 is 5.46. The van der Waals surface area contributed by atoms with Gasteiger partial charge in [0.05, 0.1) is 13.0 Å². The van der Waals surface area contributed by atoms with Gasteiger partial charge in [0, 0.05) is 36.3 Å². The Balaban J connectivity index is 1.34. The number of ether oxygens (including phenoxy) is 1. The van der Waals surface area contributed by atoms with Gasteiger partial charge in [0.15, 0.2) is 5.65 Å². The van der Waals surface area contributed by atoms with Crippen molar-refractivity contribution in [3.05, 3.63) is 66.0 Å². The summed E-state index contributed by atoms with van der Waals surface area (Å²) in [4.78, 5) is 23.7. The van der Waals surface area contributed by atoms with Gasteiger partial charge >= 0.3 is 0 Å². The normalized spacial score (nSPS) is 15.0. The second-order valence-corrected chi connectivity index (χ2v) is 7.20. The molecule has 1 aromatic carbocycles. The summed E-state index contributed by atoms with van der Waals surface area (Å²) in [5, 5.41) is 1.06. The predicted molar refractivity (Wildman–Crippen MR) is 109 cm³/mol. The molecule has 5 nitrogen and oxygen atoms in total. The molecule has 1 saturated heterocycles.